The first-order valence-corrected chi connectivity index (χ1v) is 17.3. The number of rotatable bonds is 23. The van der Waals surface area contributed by atoms with Crippen LogP contribution < -0.4 is 31.3 Å². The number of nitrogens with one attached hydrogen (secondary N) is 4. The predicted octanol–water partition coefficient (Wildman–Crippen LogP) is 4.54. The number of pyridine rings is 1. The number of nitrogens with zero attached hydrogens (tertiary/aromatic N) is 5. The molecule has 0 unspecified atom stereocenters. The minimum Gasteiger partial charge on any atom is -0.497 e. The van der Waals surface area contributed by atoms with Gasteiger partial charge in [-0.25, -0.2) is 9.97 Å². The number of hydrogen-bond donors (Lipinski definition) is 5. The molecule has 0 amide bonds. The maximum absolute atomic E-state index is 11.1. The van der Waals surface area contributed by atoms with E-state index in [1.807, 2.05) is 35.8 Å². The van der Waals surface area contributed by atoms with E-state index < -0.39 is 4.92 Å². The number of likely N-dealkylation sites (N-methyl/N-ethyl adjacent to an activating group) is 1. The number of guanidine groups is 1. The van der Waals surface area contributed by atoms with Crippen molar-refractivity contribution < 1.29 is 9.66 Å². The Labute approximate surface area is 279 Å². The fourth-order valence-electron chi connectivity index (χ4n) is 4.49. The zero-order valence-corrected chi connectivity index (χ0v) is 28.2. The van der Waals surface area contributed by atoms with E-state index in [2.05, 4.69) is 61.0 Å². The quantitative estimate of drug-likeness (QED) is 0.0314. The van der Waals surface area contributed by atoms with Crippen molar-refractivity contribution in [1.29, 1.82) is 5.41 Å². The van der Waals surface area contributed by atoms with Gasteiger partial charge in [-0.05, 0) is 56.3 Å². The molecule has 0 aliphatic carbocycles. The first kappa shape index (κ1) is 36.4. The fourth-order valence-corrected chi connectivity index (χ4v) is 6.07. The topological polar surface area (TPSA) is 171 Å². The van der Waals surface area contributed by atoms with E-state index in [1.54, 1.807) is 18.9 Å². The summed E-state index contributed by atoms with van der Waals surface area (Å²) in [4.78, 5) is 24.3. The molecule has 3 rings (SSSR count). The highest BCUT2D eigenvalue weighted by Gasteiger charge is 2.11. The molecular weight excluding hydrogens is 625 g/mol. The summed E-state index contributed by atoms with van der Waals surface area (Å²) in [6.45, 7) is 4.83. The highest BCUT2D eigenvalue weighted by Crippen LogP contribution is 2.19. The Kier molecular flexibility index (Phi) is 16.5. The van der Waals surface area contributed by atoms with Gasteiger partial charge in [0.1, 0.15) is 11.6 Å². The molecular formula is C31H46N10O3S2. The molecule has 2 heterocycles. The standard InChI is InChI=1S/C31H46N10O3S2/c1-39(18-19-40(29-9-5-7-15-36-29)21-25-10-12-27(44-2)13-11-25)17-8-4-3-6-14-34-28(22-41(42)43)35-16-20-45-23-26-24-46-31(37-26)38-30(32)33/h5,7,9-13,15,22,24,34-35H,3-4,6,8,14,16-21,23H2,1-2H3,(H4,32,33,37,38)/b28-22-. The number of methoxy groups -OCH3 is 1. The Balaban J connectivity index is 1.28. The summed E-state index contributed by atoms with van der Waals surface area (Å²) in [5.41, 5.74) is 7.44. The van der Waals surface area contributed by atoms with E-state index >= 15 is 0 Å². The molecule has 13 nitrogen and oxygen atoms in total. The summed E-state index contributed by atoms with van der Waals surface area (Å²) in [7, 11) is 3.83. The highest BCUT2D eigenvalue weighted by molar-refractivity contribution is 7.98. The van der Waals surface area contributed by atoms with Gasteiger partial charge >= 0.3 is 0 Å². The second-order valence-corrected chi connectivity index (χ2v) is 12.6. The van der Waals surface area contributed by atoms with Crippen molar-refractivity contribution in [2.75, 3.05) is 62.9 Å². The predicted molar refractivity (Wildman–Crippen MR) is 189 cm³/mol. The number of ether oxygens (including phenoxy) is 1. The summed E-state index contributed by atoms with van der Waals surface area (Å²) >= 11 is 3.07. The van der Waals surface area contributed by atoms with Crippen LogP contribution in [0.1, 0.15) is 36.9 Å². The monoisotopic (exact) mass is 670 g/mol. The van der Waals surface area contributed by atoms with Crippen LogP contribution in [0.2, 0.25) is 0 Å². The molecule has 250 valence electrons. The lowest BCUT2D eigenvalue weighted by Crippen LogP contribution is -2.34. The van der Waals surface area contributed by atoms with Crippen molar-refractivity contribution in [3.05, 3.63) is 87.4 Å². The van der Waals surface area contributed by atoms with Crippen LogP contribution >= 0.6 is 23.1 Å². The van der Waals surface area contributed by atoms with Gasteiger partial charge in [-0.3, -0.25) is 15.5 Å². The van der Waals surface area contributed by atoms with E-state index in [-0.39, 0.29) is 5.96 Å². The molecule has 0 saturated heterocycles. The molecule has 0 spiro atoms. The van der Waals surface area contributed by atoms with Crippen molar-refractivity contribution in [2.45, 2.75) is 38.0 Å². The van der Waals surface area contributed by atoms with Crippen LogP contribution in [-0.4, -0.2) is 78.4 Å². The van der Waals surface area contributed by atoms with Gasteiger partial charge in [0.25, 0.3) is 6.20 Å². The van der Waals surface area contributed by atoms with Crippen molar-refractivity contribution in [2.24, 2.45) is 5.73 Å². The van der Waals surface area contributed by atoms with Crippen molar-refractivity contribution in [3.8, 4) is 5.75 Å². The maximum Gasteiger partial charge on any atom is 0.274 e. The van der Waals surface area contributed by atoms with Crippen molar-refractivity contribution in [1.82, 2.24) is 25.5 Å². The van der Waals surface area contributed by atoms with Gasteiger partial charge < -0.3 is 36.2 Å². The summed E-state index contributed by atoms with van der Waals surface area (Å²) in [5.74, 6) is 3.58. The Bertz CT molecular complexity index is 1340. The highest BCUT2D eigenvalue weighted by atomic mass is 32.2. The SMILES string of the molecule is COc1ccc(CN(CCN(C)CCCCCCN/C(=C/[N+](=O)[O-])NCCSCc2csc(NC(=N)N)n2)c2ccccn2)cc1. The normalized spacial score (nSPS) is 11.3. The lowest BCUT2D eigenvalue weighted by molar-refractivity contribution is -0.404. The Morgan fingerprint density at radius 3 is 2.61 bits per heavy atom. The number of thiazole rings is 1. The first-order valence-electron chi connectivity index (χ1n) is 15.3. The summed E-state index contributed by atoms with van der Waals surface area (Å²) in [5, 5.41) is 29.9. The van der Waals surface area contributed by atoms with E-state index in [1.165, 1.54) is 16.9 Å². The average molecular weight is 671 g/mol. The summed E-state index contributed by atoms with van der Waals surface area (Å²) in [6, 6.07) is 14.2. The maximum atomic E-state index is 11.1. The van der Waals surface area contributed by atoms with Crippen LogP contribution in [0, 0.1) is 15.5 Å². The molecule has 46 heavy (non-hydrogen) atoms. The lowest BCUT2D eigenvalue weighted by Gasteiger charge is -2.27. The molecule has 15 heteroatoms. The van der Waals surface area contributed by atoms with Gasteiger partial charge in [0.2, 0.25) is 0 Å². The number of nitrogens with two attached hydrogens (primary N) is 1. The van der Waals surface area contributed by atoms with Crippen LogP contribution in [-0.2, 0) is 12.3 Å². The fraction of sp³-hybridized carbons (Fsp3) is 0.452. The molecule has 0 atom stereocenters. The minimum absolute atomic E-state index is 0.139. The van der Waals surface area contributed by atoms with Crippen LogP contribution in [0.15, 0.2) is 66.1 Å². The van der Waals surface area contributed by atoms with Crippen molar-refractivity contribution >= 4 is 40.0 Å². The van der Waals surface area contributed by atoms with E-state index in [0.29, 0.717) is 29.8 Å². The Morgan fingerprint density at radius 1 is 1.11 bits per heavy atom. The Hall–Kier alpha value is -4.08. The van der Waals surface area contributed by atoms with Crippen LogP contribution in [0.5, 0.6) is 5.75 Å². The average Bonchev–Trinajstić information content (AvgIpc) is 3.48. The molecule has 0 aliphatic rings. The molecule has 0 saturated carbocycles. The third-order valence-corrected chi connectivity index (χ3v) is 8.68. The Morgan fingerprint density at radius 2 is 1.89 bits per heavy atom. The molecule has 0 aliphatic heterocycles. The first-order chi connectivity index (χ1) is 22.3. The van der Waals surface area contributed by atoms with Crippen molar-refractivity contribution in [3.63, 3.8) is 0 Å². The second kappa shape index (κ2) is 20.9. The van der Waals surface area contributed by atoms with Gasteiger partial charge in [0.15, 0.2) is 16.9 Å². The second-order valence-electron chi connectivity index (χ2n) is 10.6. The summed E-state index contributed by atoms with van der Waals surface area (Å²) < 4.78 is 5.30. The van der Waals surface area contributed by atoms with E-state index in [9.17, 15) is 10.1 Å². The molecule has 6 N–H and O–H groups in total. The number of thioether (sulfide) groups is 1. The number of benzene rings is 1. The van der Waals surface area contributed by atoms with Gasteiger partial charge in [-0.2, -0.15) is 11.8 Å². The van der Waals surface area contributed by atoms with Gasteiger partial charge in [0.05, 0.1) is 17.7 Å². The molecule has 1 aromatic carbocycles. The van der Waals surface area contributed by atoms with Gasteiger partial charge in [0, 0.05) is 55.8 Å². The smallest absolute Gasteiger partial charge is 0.274 e. The molecule has 3 aromatic rings. The molecule has 0 bridgehead atoms. The number of aromatic nitrogens is 2. The third kappa shape index (κ3) is 14.8. The van der Waals surface area contributed by atoms with E-state index in [4.69, 9.17) is 15.9 Å². The molecule has 0 fully saturated rings. The largest absolute Gasteiger partial charge is 0.497 e. The van der Waals surface area contributed by atoms with Crippen LogP contribution in [0.25, 0.3) is 0 Å². The third-order valence-electron chi connectivity index (χ3n) is 6.88. The number of hydrogen-bond acceptors (Lipinski definition) is 12. The minimum atomic E-state index is -0.441. The zero-order valence-electron chi connectivity index (χ0n) is 26.6. The lowest BCUT2D eigenvalue weighted by atomic mass is 10.2. The van der Waals surface area contributed by atoms with Gasteiger partial charge in [-0.15, -0.1) is 11.3 Å². The number of anilines is 2. The summed E-state index contributed by atoms with van der Waals surface area (Å²) in [6.07, 6.45) is 7.00. The number of unbranched alkanes of at least 4 members (excludes halogenated alkanes) is 3. The van der Waals surface area contributed by atoms with Gasteiger partial charge in [-0.1, -0.05) is 31.0 Å². The van der Waals surface area contributed by atoms with E-state index in [0.717, 1.165) is 81.1 Å². The number of nitro groups is 1. The molecule has 2 aromatic heterocycles. The van der Waals surface area contributed by atoms with Crippen LogP contribution in [0.4, 0.5) is 10.9 Å². The molecule has 0 radical (unpaired) electrons. The van der Waals surface area contributed by atoms with Crippen LogP contribution in [0.3, 0.4) is 0 Å². The zero-order chi connectivity index (χ0) is 33.0.